The maximum absolute atomic E-state index is 12.2. The number of hydrogen-bond acceptors (Lipinski definition) is 6. The van der Waals surface area contributed by atoms with E-state index in [1.807, 2.05) is 6.07 Å². The van der Waals surface area contributed by atoms with Crippen molar-refractivity contribution in [2.75, 3.05) is 19.1 Å². The van der Waals surface area contributed by atoms with Gasteiger partial charge in [0.05, 0.1) is 5.75 Å². The molecule has 0 aromatic heterocycles. The predicted molar refractivity (Wildman–Crippen MR) is 108 cm³/mol. The third kappa shape index (κ3) is 9.97. The van der Waals surface area contributed by atoms with Crippen LogP contribution in [0.1, 0.15) is 31.9 Å². The number of primary amides is 1. The van der Waals surface area contributed by atoms with Crippen molar-refractivity contribution in [1.82, 2.24) is 10.0 Å². The fourth-order valence-corrected chi connectivity index (χ4v) is 3.45. The maximum atomic E-state index is 12.2. The van der Waals surface area contributed by atoms with E-state index in [9.17, 15) is 13.2 Å². The molecule has 2 atom stereocenters. The Bertz CT molecular complexity index is 802. The van der Waals surface area contributed by atoms with Gasteiger partial charge in [-0.15, -0.1) is 6.42 Å². The number of nitrogens with two attached hydrogens (primary N) is 1. The molecular weight excluding hydrogens is 382 g/mol. The SMILES string of the molecule is C#C[C@@H](C)Oc1cccc([C@@H](C)NS(=O)(=O)CCCOCN/C=C\C(N)=O)c1. The van der Waals surface area contributed by atoms with E-state index in [1.54, 1.807) is 32.0 Å². The summed E-state index contributed by atoms with van der Waals surface area (Å²) in [7, 11) is -3.48. The van der Waals surface area contributed by atoms with Crippen LogP contribution >= 0.6 is 0 Å². The van der Waals surface area contributed by atoms with Crippen LogP contribution in [0.15, 0.2) is 36.5 Å². The lowest BCUT2D eigenvalue weighted by molar-refractivity contribution is -0.113. The van der Waals surface area contributed by atoms with Gasteiger partial charge in [-0.3, -0.25) is 4.79 Å². The van der Waals surface area contributed by atoms with Gasteiger partial charge in [0.25, 0.3) is 0 Å². The number of carbonyl (C=O) groups is 1. The van der Waals surface area contributed by atoms with Crippen LogP contribution in [0.25, 0.3) is 0 Å². The molecule has 1 aromatic carbocycles. The van der Waals surface area contributed by atoms with E-state index in [0.717, 1.165) is 11.6 Å². The fourth-order valence-electron chi connectivity index (χ4n) is 2.16. The van der Waals surface area contributed by atoms with Crippen LogP contribution in [0.3, 0.4) is 0 Å². The number of sulfonamides is 1. The van der Waals surface area contributed by atoms with Crippen LogP contribution in [-0.2, 0) is 19.6 Å². The maximum Gasteiger partial charge on any atom is 0.242 e. The number of nitrogens with one attached hydrogen (secondary N) is 2. The number of rotatable bonds is 13. The molecule has 0 saturated carbocycles. The Balaban J connectivity index is 2.42. The molecule has 4 N–H and O–H groups in total. The number of terminal acetylenes is 1. The molecule has 0 heterocycles. The van der Waals surface area contributed by atoms with Gasteiger partial charge >= 0.3 is 0 Å². The van der Waals surface area contributed by atoms with Gasteiger partial charge in [-0.25, -0.2) is 13.1 Å². The Morgan fingerprint density at radius 2 is 2.14 bits per heavy atom. The van der Waals surface area contributed by atoms with Crippen LogP contribution in [0.2, 0.25) is 0 Å². The third-order valence-corrected chi connectivity index (χ3v) is 5.05. The Morgan fingerprint density at radius 3 is 2.82 bits per heavy atom. The van der Waals surface area contributed by atoms with Crippen LogP contribution in [0.4, 0.5) is 0 Å². The molecule has 154 valence electrons. The highest BCUT2D eigenvalue weighted by Crippen LogP contribution is 2.20. The molecule has 0 saturated heterocycles. The highest BCUT2D eigenvalue weighted by Gasteiger charge is 2.16. The fraction of sp³-hybridized carbons (Fsp3) is 0.421. The first kappa shape index (κ1) is 23.5. The van der Waals surface area contributed by atoms with E-state index in [4.69, 9.17) is 21.6 Å². The highest BCUT2D eigenvalue weighted by molar-refractivity contribution is 7.89. The zero-order valence-electron chi connectivity index (χ0n) is 16.1. The molecule has 1 rings (SSSR count). The summed E-state index contributed by atoms with van der Waals surface area (Å²) in [5, 5.41) is 2.70. The van der Waals surface area contributed by atoms with Crippen LogP contribution < -0.4 is 20.5 Å². The molecule has 0 fully saturated rings. The number of amides is 1. The topological polar surface area (TPSA) is 120 Å². The summed E-state index contributed by atoms with van der Waals surface area (Å²) in [6.07, 6.45) is 7.78. The minimum atomic E-state index is -3.48. The van der Waals surface area contributed by atoms with Gasteiger partial charge < -0.3 is 20.5 Å². The molecule has 0 aliphatic carbocycles. The molecular formula is C19H27N3O5S. The lowest BCUT2D eigenvalue weighted by Crippen LogP contribution is -2.29. The van der Waals surface area contributed by atoms with Crippen molar-refractivity contribution in [1.29, 1.82) is 0 Å². The molecule has 28 heavy (non-hydrogen) atoms. The average Bonchev–Trinajstić information content (AvgIpc) is 2.63. The third-order valence-electron chi connectivity index (χ3n) is 3.51. The summed E-state index contributed by atoms with van der Waals surface area (Å²) in [5.74, 6) is 2.42. The summed E-state index contributed by atoms with van der Waals surface area (Å²) in [4.78, 5) is 10.5. The summed E-state index contributed by atoms with van der Waals surface area (Å²) < 4.78 is 37.9. The van der Waals surface area contributed by atoms with Gasteiger partial charge in [0, 0.05) is 24.9 Å². The van der Waals surface area contributed by atoms with Gasteiger partial charge in [-0.05, 0) is 38.0 Å². The van der Waals surface area contributed by atoms with E-state index in [0.29, 0.717) is 12.2 Å². The van der Waals surface area contributed by atoms with E-state index in [-0.39, 0.29) is 25.2 Å². The molecule has 0 bridgehead atoms. The lowest BCUT2D eigenvalue weighted by Gasteiger charge is -2.16. The normalized spacial score (nSPS) is 13.6. The molecule has 0 aliphatic heterocycles. The quantitative estimate of drug-likeness (QED) is 0.194. The average molecular weight is 410 g/mol. The van der Waals surface area contributed by atoms with Crippen molar-refractivity contribution in [2.24, 2.45) is 5.73 Å². The molecule has 1 amide bonds. The zero-order chi connectivity index (χ0) is 21.0. The Hall–Kier alpha value is -2.54. The first-order valence-corrected chi connectivity index (χ1v) is 10.4. The van der Waals surface area contributed by atoms with Crippen molar-refractivity contribution >= 4 is 15.9 Å². The molecule has 0 aliphatic rings. The lowest BCUT2D eigenvalue weighted by atomic mass is 10.1. The molecule has 0 unspecified atom stereocenters. The predicted octanol–water partition coefficient (Wildman–Crippen LogP) is 1.02. The Kier molecular flexibility index (Phi) is 10.1. The van der Waals surface area contributed by atoms with Gasteiger partial charge in [-0.2, -0.15) is 0 Å². The first-order valence-electron chi connectivity index (χ1n) is 8.73. The van der Waals surface area contributed by atoms with Crippen molar-refractivity contribution in [2.45, 2.75) is 32.4 Å². The van der Waals surface area contributed by atoms with Crippen molar-refractivity contribution in [3.63, 3.8) is 0 Å². The second-order valence-corrected chi connectivity index (χ2v) is 7.88. The number of carbonyl (C=O) groups excluding carboxylic acids is 1. The van der Waals surface area contributed by atoms with Crippen LogP contribution in [0.5, 0.6) is 5.75 Å². The number of hydrogen-bond donors (Lipinski definition) is 3. The minimum absolute atomic E-state index is 0.0707. The van der Waals surface area contributed by atoms with Crippen molar-refractivity contribution in [3.05, 3.63) is 42.1 Å². The first-order chi connectivity index (χ1) is 13.2. The molecule has 1 aromatic rings. The second kappa shape index (κ2) is 12.0. The van der Waals surface area contributed by atoms with E-state index < -0.39 is 22.0 Å². The number of ether oxygens (including phenoxy) is 2. The molecule has 0 radical (unpaired) electrons. The van der Waals surface area contributed by atoms with Crippen molar-refractivity contribution in [3.8, 4) is 18.1 Å². The Morgan fingerprint density at radius 1 is 1.39 bits per heavy atom. The zero-order valence-corrected chi connectivity index (χ0v) is 16.9. The summed E-state index contributed by atoms with van der Waals surface area (Å²) >= 11 is 0. The van der Waals surface area contributed by atoms with Gasteiger partial charge in [-0.1, -0.05) is 18.1 Å². The summed E-state index contributed by atoms with van der Waals surface area (Å²) in [6, 6.07) is 6.70. The van der Waals surface area contributed by atoms with Gasteiger partial charge in [0.15, 0.2) is 6.10 Å². The van der Waals surface area contributed by atoms with Crippen molar-refractivity contribution < 1.29 is 22.7 Å². The smallest absolute Gasteiger partial charge is 0.242 e. The minimum Gasteiger partial charge on any atom is -0.478 e. The van der Waals surface area contributed by atoms with Crippen LogP contribution in [0, 0.1) is 12.3 Å². The monoisotopic (exact) mass is 409 g/mol. The largest absolute Gasteiger partial charge is 0.478 e. The second-order valence-electron chi connectivity index (χ2n) is 6.00. The molecule has 9 heteroatoms. The summed E-state index contributed by atoms with van der Waals surface area (Å²) in [5.41, 5.74) is 5.70. The molecule has 8 nitrogen and oxygen atoms in total. The van der Waals surface area contributed by atoms with E-state index in [1.165, 1.54) is 6.20 Å². The van der Waals surface area contributed by atoms with E-state index >= 15 is 0 Å². The van der Waals surface area contributed by atoms with Gasteiger partial charge in [0.1, 0.15) is 12.5 Å². The highest BCUT2D eigenvalue weighted by atomic mass is 32.2. The van der Waals surface area contributed by atoms with E-state index in [2.05, 4.69) is 16.0 Å². The van der Waals surface area contributed by atoms with Gasteiger partial charge in [0.2, 0.25) is 15.9 Å². The standard InChI is InChI=1S/C19H27N3O5S/c1-4-15(2)27-18-8-5-7-17(13-18)16(3)22-28(24,25)12-6-11-26-14-21-10-9-19(20)23/h1,5,7-10,13,15-16,21-22H,6,11-12,14H2,2-3H3,(H2,20,23)/b10-9-/t15-,16-/m1/s1. The molecule has 0 spiro atoms. The Labute approximate surface area is 166 Å². The van der Waals surface area contributed by atoms with Crippen LogP contribution in [-0.4, -0.2) is 39.5 Å². The summed E-state index contributed by atoms with van der Waals surface area (Å²) in [6.45, 7) is 3.91. The number of benzene rings is 1.